The number of carbonyl (C=O) groups excluding carboxylic acids is 1. The number of ether oxygens (including phenoxy) is 1. The summed E-state index contributed by atoms with van der Waals surface area (Å²) in [5.41, 5.74) is 4.37. The Bertz CT molecular complexity index is 1460. The molecular weight excluding hydrogens is 483 g/mol. The number of carbonyl (C=O) groups is 1. The van der Waals surface area contributed by atoms with Gasteiger partial charge in [-0.2, -0.15) is 13.2 Å². The molecule has 0 spiro atoms. The van der Waals surface area contributed by atoms with Gasteiger partial charge in [0.2, 0.25) is 5.88 Å². The molecule has 4 aromatic rings. The first-order chi connectivity index (χ1) is 17.7. The van der Waals surface area contributed by atoms with E-state index in [4.69, 9.17) is 4.74 Å². The molecule has 1 aliphatic rings. The lowest BCUT2D eigenvalue weighted by atomic mass is 10.0. The summed E-state index contributed by atoms with van der Waals surface area (Å²) in [5.74, 6) is 0.680. The van der Waals surface area contributed by atoms with Crippen LogP contribution in [0.25, 0.3) is 16.9 Å². The smallest absolute Gasteiger partial charge is 0.390 e. The van der Waals surface area contributed by atoms with E-state index < -0.39 is 12.6 Å². The van der Waals surface area contributed by atoms with Crippen LogP contribution in [0.5, 0.6) is 11.6 Å². The van der Waals surface area contributed by atoms with Crippen molar-refractivity contribution in [2.45, 2.75) is 45.3 Å². The fourth-order valence-electron chi connectivity index (χ4n) is 4.01. The molecule has 192 valence electrons. The molecule has 2 aromatic carbocycles. The van der Waals surface area contributed by atoms with E-state index in [1.807, 2.05) is 44.2 Å². The number of aromatic nitrogens is 3. The number of fused-ring (bicyclic) bond motifs is 1. The molecule has 10 heteroatoms. The summed E-state index contributed by atoms with van der Waals surface area (Å²) >= 11 is 0. The highest BCUT2D eigenvalue weighted by Gasteiger charge is 2.27. The first-order valence-electron chi connectivity index (χ1n) is 12.0. The lowest BCUT2D eigenvalue weighted by molar-refractivity contribution is -0.131. The van der Waals surface area contributed by atoms with Gasteiger partial charge in [0.25, 0.3) is 5.91 Å². The van der Waals surface area contributed by atoms with Gasteiger partial charge in [-0.25, -0.2) is 9.50 Å². The Morgan fingerprint density at radius 3 is 2.59 bits per heavy atom. The van der Waals surface area contributed by atoms with Crippen molar-refractivity contribution >= 4 is 17.2 Å². The number of nitrogens with one attached hydrogen (secondary N) is 2. The zero-order valence-corrected chi connectivity index (χ0v) is 20.4. The number of amides is 1. The molecule has 1 aliphatic carbocycles. The molecule has 2 aromatic heterocycles. The second-order valence-corrected chi connectivity index (χ2v) is 9.21. The summed E-state index contributed by atoms with van der Waals surface area (Å²) in [4.78, 5) is 17.0. The maximum atomic E-state index is 12.8. The van der Waals surface area contributed by atoms with Gasteiger partial charge in [-0.3, -0.25) is 4.79 Å². The van der Waals surface area contributed by atoms with E-state index in [2.05, 4.69) is 20.7 Å². The standard InChI is InChI=1S/C27H26F3N5O2/c1-16-5-3-4-6-23(16)37-24-14-21(31-12-11-27(28,29)30)25-32-15-22(35(25)34-24)18-7-10-20(17(2)13-18)26(36)33-19-8-9-19/h3-7,10,13-15,19,31H,8-9,11-12H2,1-2H3,(H,33,36). The van der Waals surface area contributed by atoms with E-state index in [0.29, 0.717) is 28.3 Å². The average molecular weight is 510 g/mol. The number of hydrogen-bond donors (Lipinski definition) is 2. The molecule has 0 saturated heterocycles. The third-order valence-electron chi connectivity index (χ3n) is 6.16. The van der Waals surface area contributed by atoms with Gasteiger partial charge >= 0.3 is 6.18 Å². The van der Waals surface area contributed by atoms with Gasteiger partial charge in [-0.05, 0) is 56.0 Å². The minimum absolute atomic E-state index is 0.104. The maximum Gasteiger partial charge on any atom is 0.390 e. The van der Waals surface area contributed by atoms with Crippen molar-refractivity contribution in [3.05, 3.63) is 71.4 Å². The van der Waals surface area contributed by atoms with Gasteiger partial charge in [0.1, 0.15) is 5.75 Å². The number of para-hydroxylation sites is 1. The average Bonchev–Trinajstić information content (AvgIpc) is 3.54. The molecule has 2 N–H and O–H groups in total. The topological polar surface area (TPSA) is 80.5 Å². The van der Waals surface area contributed by atoms with Crippen molar-refractivity contribution in [1.29, 1.82) is 0 Å². The van der Waals surface area contributed by atoms with Crippen molar-refractivity contribution in [3.8, 4) is 22.9 Å². The molecule has 1 fully saturated rings. The molecule has 1 saturated carbocycles. The number of aryl methyl sites for hydroxylation is 2. The predicted molar refractivity (Wildman–Crippen MR) is 134 cm³/mol. The fraction of sp³-hybridized carbons (Fsp3) is 0.296. The molecular formula is C27H26F3N5O2. The first kappa shape index (κ1) is 24.6. The van der Waals surface area contributed by atoms with E-state index in [9.17, 15) is 18.0 Å². The Morgan fingerprint density at radius 2 is 1.89 bits per heavy atom. The number of halogens is 3. The van der Waals surface area contributed by atoms with Crippen LogP contribution >= 0.6 is 0 Å². The minimum Gasteiger partial charge on any atom is -0.437 e. The summed E-state index contributed by atoms with van der Waals surface area (Å²) < 4.78 is 45.9. The molecule has 0 bridgehead atoms. The van der Waals surface area contributed by atoms with Crippen LogP contribution in [0.3, 0.4) is 0 Å². The second-order valence-electron chi connectivity index (χ2n) is 9.21. The normalized spacial score (nSPS) is 13.5. The number of nitrogens with zero attached hydrogens (tertiary/aromatic N) is 3. The highest BCUT2D eigenvalue weighted by molar-refractivity contribution is 5.96. The van der Waals surface area contributed by atoms with E-state index in [-0.39, 0.29) is 24.4 Å². The minimum atomic E-state index is -4.29. The fourth-order valence-corrected chi connectivity index (χ4v) is 4.01. The number of alkyl halides is 3. The van der Waals surface area contributed by atoms with Crippen molar-refractivity contribution < 1.29 is 22.7 Å². The molecule has 5 rings (SSSR count). The second kappa shape index (κ2) is 9.76. The number of imidazole rings is 1. The van der Waals surface area contributed by atoms with Crippen molar-refractivity contribution in [2.75, 3.05) is 11.9 Å². The lowest BCUT2D eigenvalue weighted by Crippen LogP contribution is -2.26. The largest absolute Gasteiger partial charge is 0.437 e. The van der Waals surface area contributed by atoms with Crippen LogP contribution in [0.2, 0.25) is 0 Å². The van der Waals surface area contributed by atoms with Crippen LogP contribution in [0.4, 0.5) is 18.9 Å². The number of anilines is 1. The molecule has 2 heterocycles. The number of benzene rings is 2. The van der Waals surface area contributed by atoms with Crippen LogP contribution in [0.15, 0.2) is 54.7 Å². The summed E-state index contributed by atoms with van der Waals surface area (Å²) in [6, 6.07) is 14.6. The highest BCUT2D eigenvalue weighted by atomic mass is 19.4. The zero-order chi connectivity index (χ0) is 26.2. The summed E-state index contributed by atoms with van der Waals surface area (Å²) in [5, 5.41) is 10.4. The van der Waals surface area contributed by atoms with E-state index in [1.54, 1.807) is 28.9 Å². The predicted octanol–water partition coefficient (Wildman–Crippen LogP) is 6.06. The van der Waals surface area contributed by atoms with E-state index in [1.165, 1.54) is 0 Å². The van der Waals surface area contributed by atoms with Crippen molar-refractivity contribution in [1.82, 2.24) is 19.9 Å². The Morgan fingerprint density at radius 1 is 1.11 bits per heavy atom. The number of hydrogen-bond acceptors (Lipinski definition) is 5. The maximum absolute atomic E-state index is 12.8. The van der Waals surface area contributed by atoms with Gasteiger partial charge in [-0.15, -0.1) is 5.10 Å². The third-order valence-corrected chi connectivity index (χ3v) is 6.16. The summed E-state index contributed by atoms with van der Waals surface area (Å²) in [7, 11) is 0. The first-order valence-corrected chi connectivity index (χ1v) is 12.0. The summed E-state index contributed by atoms with van der Waals surface area (Å²) in [6.07, 6.45) is -1.67. The molecule has 0 radical (unpaired) electrons. The quantitative estimate of drug-likeness (QED) is 0.302. The monoisotopic (exact) mass is 509 g/mol. The van der Waals surface area contributed by atoms with Gasteiger partial charge < -0.3 is 15.4 Å². The Balaban J connectivity index is 1.52. The Kier molecular flexibility index (Phi) is 6.49. The van der Waals surface area contributed by atoms with Crippen molar-refractivity contribution in [2.24, 2.45) is 0 Å². The van der Waals surface area contributed by atoms with E-state index >= 15 is 0 Å². The van der Waals surface area contributed by atoms with Gasteiger partial charge in [-0.1, -0.05) is 24.3 Å². The molecule has 0 atom stereocenters. The van der Waals surface area contributed by atoms with E-state index in [0.717, 1.165) is 29.5 Å². The highest BCUT2D eigenvalue weighted by Crippen LogP contribution is 2.31. The molecule has 0 unspecified atom stereocenters. The number of rotatable bonds is 8. The van der Waals surface area contributed by atoms with Crippen LogP contribution in [0.1, 0.15) is 40.7 Å². The molecule has 0 aliphatic heterocycles. The third kappa shape index (κ3) is 5.68. The summed E-state index contributed by atoms with van der Waals surface area (Å²) in [6.45, 7) is 3.43. The lowest BCUT2D eigenvalue weighted by Gasteiger charge is -2.14. The molecule has 37 heavy (non-hydrogen) atoms. The van der Waals surface area contributed by atoms with Crippen LogP contribution in [-0.4, -0.2) is 39.3 Å². The van der Waals surface area contributed by atoms with Crippen LogP contribution in [0, 0.1) is 13.8 Å². The van der Waals surface area contributed by atoms with Crippen LogP contribution in [-0.2, 0) is 0 Å². The Hall–Kier alpha value is -4.08. The van der Waals surface area contributed by atoms with Crippen LogP contribution < -0.4 is 15.4 Å². The van der Waals surface area contributed by atoms with Gasteiger partial charge in [0.05, 0.1) is 24.0 Å². The van der Waals surface area contributed by atoms with Gasteiger partial charge in [0, 0.05) is 29.8 Å². The molecule has 7 nitrogen and oxygen atoms in total. The zero-order valence-electron chi connectivity index (χ0n) is 20.4. The molecule has 1 amide bonds. The Labute approximate surface area is 211 Å². The van der Waals surface area contributed by atoms with Crippen molar-refractivity contribution in [3.63, 3.8) is 0 Å². The SMILES string of the molecule is Cc1ccccc1Oc1cc(NCCC(F)(F)F)c2ncc(-c3ccc(C(=O)NC4CC4)c(C)c3)n2n1. The van der Waals surface area contributed by atoms with Gasteiger partial charge in [0.15, 0.2) is 5.65 Å².